The molecule has 1 heterocycles. The van der Waals surface area contributed by atoms with Crippen LogP contribution in [0.15, 0.2) is 54.6 Å². The zero-order valence-electron chi connectivity index (χ0n) is 13.0. The number of unbranched alkanes of at least 4 members (excludes halogenated alkanes) is 3. The number of hydrogen-bond donors (Lipinski definition) is 0. The van der Waals surface area contributed by atoms with E-state index >= 15 is 0 Å². The average Bonchev–Trinajstić information content (AvgIpc) is 2.90. The van der Waals surface area contributed by atoms with Gasteiger partial charge in [-0.25, -0.2) is 0 Å². The van der Waals surface area contributed by atoms with Crippen LogP contribution in [0.5, 0.6) is 10.9 Å². The standard InChI is InChI=1S/C19H22NOS/c1-2-3-4-10-15-20-17-13-8-9-14-18(17)22-19(20)21-16-11-6-5-7-12-16/h5-9,11-14H,2-4,10,15H2,1H3/q+1. The minimum absolute atomic E-state index is 0.899. The van der Waals surface area contributed by atoms with E-state index in [-0.39, 0.29) is 0 Å². The predicted octanol–water partition coefficient (Wildman–Crippen LogP) is 5.56. The number of rotatable bonds is 7. The second kappa shape index (κ2) is 7.41. The van der Waals surface area contributed by atoms with Crippen molar-refractivity contribution in [3.8, 4) is 10.9 Å². The number of para-hydroxylation sites is 2. The number of benzene rings is 2. The Balaban J connectivity index is 1.87. The molecule has 3 rings (SSSR count). The van der Waals surface area contributed by atoms with E-state index in [1.165, 1.54) is 35.9 Å². The van der Waals surface area contributed by atoms with Crippen molar-refractivity contribution in [2.75, 3.05) is 0 Å². The molecule has 3 aromatic rings. The molecule has 0 aliphatic carbocycles. The molecular weight excluding hydrogens is 290 g/mol. The Morgan fingerprint density at radius 1 is 0.909 bits per heavy atom. The number of aromatic nitrogens is 1. The van der Waals surface area contributed by atoms with Crippen LogP contribution in [-0.4, -0.2) is 0 Å². The molecule has 0 saturated heterocycles. The molecule has 0 amide bonds. The number of ether oxygens (including phenoxy) is 1. The number of aryl methyl sites for hydroxylation is 1. The lowest BCUT2D eigenvalue weighted by atomic mass is 10.2. The van der Waals surface area contributed by atoms with Gasteiger partial charge in [0.1, 0.15) is 10.4 Å². The van der Waals surface area contributed by atoms with E-state index < -0.39 is 0 Å². The van der Waals surface area contributed by atoms with Gasteiger partial charge in [-0.3, -0.25) is 0 Å². The van der Waals surface area contributed by atoms with Crippen molar-refractivity contribution < 1.29 is 9.30 Å². The molecule has 3 heteroatoms. The molecule has 2 nitrogen and oxygen atoms in total. The van der Waals surface area contributed by atoms with Crippen LogP contribution in [0.2, 0.25) is 0 Å². The molecule has 0 radical (unpaired) electrons. The molecule has 114 valence electrons. The second-order valence-corrected chi connectivity index (χ2v) is 6.46. The third kappa shape index (κ3) is 3.47. The van der Waals surface area contributed by atoms with Crippen molar-refractivity contribution in [3.63, 3.8) is 0 Å². The van der Waals surface area contributed by atoms with Gasteiger partial charge in [0.25, 0.3) is 0 Å². The lowest BCUT2D eigenvalue weighted by Gasteiger charge is -2.02. The Morgan fingerprint density at radius 2 is 1.68 bits per heavy atom. The molecule has 0 atom stereocenters. The van der Waals surface area contributed by atoms with Gasteiger partial charge < -0.3 is 4.74 Å². The summed E-state index contributed by atoms with van der Waals surface area (Å²) in [6.45, 7) is 3.27. The van der Waals surface area contributed by atoms with Gasteiger partial charge in [-0.05, 0) is 36.0 Å². The van der Waals surface area contributed by atoms with Crippen LogP contribution in [0.3, 0.4) is 0 Å². The van der Waals surface area contributed by atoms with Crippen LogP contribution in [0.25, 0.3) is 10.2 Å². The third-order valence-electron chi connectivity index (χ3n) is 3.76. The zero-order chi connectivity index (χ0) is 15.2. The maximum Gasteiger partial charge on any atom is 0.436 e. The minimum Gasteiger partial charge on any atom is -0.397 e. The predicted molar refractivity (Wildman–Crippen MR) is 92.7 cm³/mol. The SMILES string of the molecule is CCCCCC[n+]1c(Oc2ccccc2)sc2ccccc21. The summed E-state index contributed by atoms with van der Waals surface area (Å²) < 4.78 is 9.74. The van der Waals surface area contributed by atoms with Gasteiger partial charge >= 0.3 is 5.19 Å². The summed E-state index contributed by atoms with van der Waals surface area (Å²) in [5.74, 6) is 0.899. The van der Waals surface area contributed by atoms with Gasteiger partial charge in [0.15, 0.2) is 6.54 Å². The lowest BCUT2D eigenvalue weighted by Crippen LogP contribution is -2.33. The zero-order valence-corrected chi connectivity index (χ0v) is 13.8. The van der Waals surface area contributed by atoms with Gasteiger partial charge in [-0.2, -0.15) is 0 Å². The average molecular weight is 312 g/mol. The fourth-order valence-corrected chi connectivity index (χ4v) is 3.64. The van der Waals surface area contributed by atoms with Crippen LogP contribution >= 0.6 is 11.3 Å². The quantitative estimate of drug-likeness (QED) is 0.411. The Kier molecular flexibility index (Phi) is 5.07. The van der Waals surface area contributed by atoms with Gasteiger partial charge in [-0.1, -0.05) is 50.1 Å². The Morgan fingerprint density at radius 3 is 2.50 bits per heavy atom. The first kappa shape index (κ1) is 15.0. The number of hydrogen-bond acceptors (Lipinski definition) is 2. The van der Waals surface area contributed by atoms with Gasteiger partial charge in [0, 0.05) is 12.5 Å². The summed E-state index contributed by atoms with van der Waals surface area (Å²) in [5.41, 5.74) is 1.27. The molecule has 0 N–H and O–H groups in total. The van der Waals surface area contributed by atoms with E-state index in [1.54, 1.807) is 11.3 Å². The first-order valence-corrected chi connectivity index (χ1v) is 8.84. The molecule has 0 bridgehead atoms. The Bertz CT molecular complexity index is 721. The smallest absolute Gasteiger partial charge is 0.397 e. The number of nitrogens with zero attached hydrogens (tertiary/aromatic N) is 1. The monoisotopic (exact) mass is 312 g/mol. The molecule has 1 aromatic heterocycles. The molecule has 22 heavy (non-hydrogen) atoms. The van der Waals surface area contributed by atoms with E-state index in [9.17, 15) is 0 Å². The Labute approximate surface area is 136 Å². The second-order valence-electron chi connectivity index (χ2n) is 5.46. The normalized spacial score (nSPS) is 11.0. The van der Waals surface area contributed by atoms with Gasteiger partial charge in [0.05, 0.1) is 0 Å². The highest BCUT2D eigenvalue weighted by Gasteiger charge is 2.21. The van der Waals surface area contributed by atoms with Crippen molar-refractivity contribution in [2.45, 2.75) is 39.2 Å². The highest BCUT2D eigenvalue weighted by Crippen LogP contribution is 2.29. The van der Waals surface area contributed by atoms with E-state index in [0.29, 0.717) is 0 Å². The lowest BCUT2D eigenvalue weighted by molar-refractivity contribution is -0.671. The van der Waals surface area contributed by atoms with Crippen LogP contribution in [0.4, 0.5) is 0 Å². The van der Waals surface area contributed by atoms with Crippen molar-refractivity contribution >= 4 is 21.6 Å². The van der Waals surface area contributed by atoms with Crippen LogP contribution in [-0.2, 0) is 6.54 Å². The molecule has 0 fully saturated rings. The van der Waals surface area contributed by atoms with Crippen molar-refractivity contribution in [1.29, 1.82) is 0 Å². The van der Waals surface area contributed by atoms with E-state index in [1.807, 2.05) is 30.3 Å². The summed E-state index contributed by atoms with van der Waals surface area (Å²) >= 11 is 1.72. The molecule has 0 saturated carbocycles. The fraction of sp³-hybridized carbons (Fsp3) is 0.316. The minimum atomic E-state index is 0.899. The molecule has 0 aliphatic rings. The largest absolute Gasteiger partial charge is 0.436 e. The number of thiazole rings is 1. The van der Waals surface area contributed by atoms with E-state index in [2.05, 4.69) is 35.8 Å². The summed E-state index contributed by atoms with van der Waals surface area (Å²) in [7, 11) is 0. The van der Waals surface area contributed by atoms with E-state index in [0.717, 1.165) is 17.5 Å². The maximum absolute atomic E-state index is 6.13. The third-order valence-corrected chi connectivity index (χ3v) is 4.80. The topological polar surface area (TPSA) is 13.1 Å². The first-order chi connectivity index (χ1) is 10.9. The molecule has 2 aromatic carbocycles. The van der Waals surface area contributed by atoms with Crippen molar-refractivity contribution in [3.05, 3.63) is 54.6 Å². The van der Waals surface area contributed by atoms with Crippen molar-refractivity contribution in [1.82, 2.24) is 0 Å². The van der Waals surface area contributed by atoms with Crippen molar-refractivity contribution in [2.24, 2.45) is 0 Å². The van der Waals surface area contributed by atoms with Gasteiger partial charge in [-0.15, -0.1) is 4.57 Å². The fourth-order valence-electron chi connectivity index (χ4n) is 2.59. The highest BCUT2D eigenvalue weighted by molar-refractivity contribution is 7.19. The maximum atomic E-state index is 6.13. The van der Waals surface area contributed by atoms with E-state index in [4.69, 9.17) is 4.74 Å². The van der Waals surface area contributed by atoms with Crippen LogP contribution < -0.4 is 9.30 Å². The summed E-state index contributed by atoms with van der Waals surface area (Å²) in [4.78, 5) is 0. The molecule has 0 spiro atoms. The van der Waals surface area contributed by atoms with Crippen LogP contribution in [0.1, 0.15) is 32.6 Å². The highest BCUT2D eigenvalue weighted by atomic mass is 32.1. The summed E-state index contributed by atoms with van der Waals surface area (Å²) in [6.07, 6.45) is 5.04. The summed E-state index contributed by atoms with van der Waals surface area (Å²) in [6, 6.07) is 18.6. The van der Waals surface area contributed by atoms with Crippen LogP contribution in [0, 0.1) is 0 Å². The first-order valence-electron chi connectivity index (χ1n) is 8.03. The van der Waals surface area contributed by atoms with Gasteiger partial charge in [0.2, 0.25) is 5.52 Å². The molecule has 0 unspecified atom stereocenters. The number of fused-ring (bicyclic) bond motifs is 1. The molecular formula is C19H22NOS+. The Hall–Kier alpha value is -1.87. The summed E-state index contributed by atoms with van der Waals surface area (Å²) in [5, 5.41) is 0.976. The molecule has 0 aliphatic heterocycles.